The summed E-state index contributed by atoms with van der Waals surface area (Å²) >= 11 is 0. The first-order chi connectivity index (χ1) is 9.72. The summed E-state index contributed by atoms with van der Waals surface area (Å²) in [5.74, 6) is -0.723. The van der Waals surface area contributed by atoms with Crippen LogP contribution in [0, 0.1) is 5.82 Å². The highest BCUT2D eigenvalue weighted by atomic mass is 19.1. The number of amides is 1. The van der Waals surface area contributed by atoms with E-state index < -0.39 is 0 Å². The summed E-state index contributed by atoms with van der Waals surface area (Å²) in [6, 6.07) is 11.0. The second kappa shape index (κ2) is 5.05. The van der Waals surface area contributed by atoms with Crippen LogP contribution >= 0.6 is 0 Å². The predicted molar refractivity (Wildman–Crippen MR) is 73.9 cm³/mol. The van der Waals surface area contributed by atoms with Gasteiger partial charge in [0.1, 0.15) is 11.5 Å². The number of benzene rings is 1. The highest BCUT2D eigenvalue weighted by Crippen LogP contribution is 2.15. The molecule has 0 unspecified atom stereocenters. The molecule has 1 amide bonds. The molecule has 3 aromatic rings. The molecular weight excluding hydrogens is 257 g/mol. The third-order valence-corrected chi connectivity index (χ3v) is 2.82. The van der Waals surface area contributed by atoms with Gasteiger partial charge in [0.15, 0.2) is 0 Å². The summed E-state index contributed by atoms with van der Waals surface area (Å²) in [5.41, 5.74) is 1.32. The Bertz CT molecular complexity index is 774. The van der Waals surface area contributed by atoms with Crippen LogP contribution in [0.2, 0.25) is 0 Å². The Morgan fingerprint density at radius 1 is 1.05 bits per heavy atom. The molecule has 0 aliphatic carbocycles. The summed E-state index contributed by atoms with van der Waals surface area (Å²) in [4.78, 5) is 20.1. The summed E-state index contributed by atoms with van der Waals surface area (Å²) in [5, 5.41) is 3.49. The van der Waals surface area contributed by atoms with Crippen molar-refractivity contribution in [3.8, 4) is 0 Å². The van der Waals surface area contributed by atoms with Crippen LogP contribution in [-0.2, 0) is 0 Å². The number of nitrogens with one attached hydrogen (secondary N) is 1. The Morgan fingerprint density at radius 3 is 2.60 bits per heavy atom. The molecule has 0 aliphatic rings. The lowest BCUT2D eigenvalue weighted by Gasteiger charge is -2.05. The second-order valence-electron chi connectivity index (χ2n) is 4.22. The average Bonchev–Trinajstić information content (AvgIpc) is 2.47. The van der Waals surface area contributed by atoms with Crippen LogP contribution in [-0.4, -0.2) is 15.9 Å². The van der Waals surface area contributed by atoms with Crippen molar-refractivity contribution < 1.29 is 9.18 Å². The standard InChI is InChI=1S/C15H10FN3O/c16-11-3-1-10-2-4-13(19-14(10)9-11)15(20)18-12-5-7-17-8-6-12/h1-9H,(H,17,18,20). The number of halogens is 1. The molecule has 2 heterocycles. The zero-order valence-electron chi connectivity index (χ0n) is 10.4. The molecule has 0 saturated carbocycles. The van der Waals surface area contributed by atoms with Gasteiger partial charge in [0, 0.05) is 29.5 Å². The number of fused-ring (bicyclic) bond motifs is 1. The zero-order valence-corrected chi connectivity index (χ0v) is 10.4. The molecule has 3 rings (SSSR count). The minimum atomic E-state index is -0.378. The first-order valence-electron chi connectivity index (χ1n) is 6.00. The lowest BCUT2D eigenvalue weighted by atomic mass is 10.2. The number of hydrogen-bond donors (Lipinski definition) is 1. The molecule has 0 bridgehead atoms. The number of aromatic nitrogens is 2. The van der Waals surface area contributed by atoms with Gasteiger partial charge in [-0.3, -0.25) is 9.78 Å². The number of nitrogens with zero attached hydrogens (tertiary/aromatic N) is 2. The Morgan fingerprint density at radius 2 is 1.80 bits per heavy atom. The van der Waals surface area contributed by atoms with Crippen molar-refractivity contribution in [2.45, 2.75) is 0 Å². The predicted octanol–water partition coefficient (Wildman–Crippen LogP) is 3.02. The smallest absolute Gasteiger partial charge is 0.274 e. The third-order valence-electron chi connectivity index (χ3n) is 2.82. The van der Waals surface area contributed by atoms with Crippen molar-refractivity contribution in [2.75, 3.05) is 5.32 Å². The van der Waals surface area contributed by atoms with Crippen molar-refractivity contribution in [1.29, 1.82) is 0 Å². The number of rotatable bonds is 2. The summed E-state index contributed by atoms with van der Waals surface area (Å²) in [6.45, 7) is 0. The highest BCUT2D eigenvalue weighted by Gasteiger charge is 2.08. The van der Waals surface area contributed by atoms with E-state index in [0.29, 0.717) is 11.2 Å². The molecule has 5 heteroatoms. The molecule has 0 atom stereocenters. The van der Waals surface area contributed by atoms with E-state index >= 15 is 0 Å². The summed E-state index contributed by atoms with van der Waals surface area (Å²) < 4.78 is 13.2. The maximum Gasteiger partial charge on any atom is 0.274 e. The molecule has 1 aromatic carbocycles. The molecule has 0 radical (unpaired) electrons. The minimum Gasteiger partial charge on any atom is -0.321 e. The van der Waals surface area contributed by atoms with Gasteiger partial charge in [-0.05, 0) is 30.3 Å². The van der Waals surface area contributed by atoms with E-state index in [-0.39, 0.29) is 17.4 Å². The van der Waals surface area contributed by atoms with E-state index in [1.807, 2.05) is 0 Å². The van der Waals surface area contributed by atoms with Crippen LogP contribution in [0.1, 0.15) is 10.5 Å². The van der Waals surface area contributed by atoms with Crippen molar-refractivity contribution >= 4 is 22.5 Å². The van der Waals surface area contributed by atoms with Gasteiger partial charge < -0.3 is 5.32 Å². The number of anilines is 1. The maximum absolute atomic E-state index is 13.2. The van der Waals surface area contributed by atoms with E-state index in [9.17, 15) is 9.18 Å². The van der Waals surface area contributed by atoms with Gasteiger partial charge in [-0.2, -0.15) is 0 Å². The highest BCUT2D eigenvalue weighted by molar-refractivity contribution is 6.04. The maximum atomic E-state index is 13.2. The van der Waals surface area contributed by atoms with Gasteiger partial charge in [-0.25, -0.2) is 9.37 Å². The van der Waals surface area contributed by atoms with Crippen molar-refractivity contribution in [1.82, 2.24) is 9.97 Å². The quantitative estimate of drug-likeness (QED) is 0.776. The fourth-order valence-electron chi connectivity index (χ4n) is 1.85. The fraction of sp³-hybridized carbons (Fsp3) is 0. The minimum absolute atomic E-state index is 0.236. The molecule has 0 saturated heterocycles. The van der Waals surface area contributed by atoms with Crippen molar-refractivity contribution in [2.24, 2.45) is 0 Å². The molecule has 0 spiro atoms. The van der Waals surface area contributed by atoms with Gasteiger partial charge >= 0.3 is 0 Å². The molecule has 0 fully saturated rings. The van der Waals surface area contributed by atoms with E-state index in [0.717, 1.165) is 5.39 Å². The Kier molecular flexibility index (Phi) is 3.09. The lowest BCUT2D eigenvalue weighted by molar-refractivity contribution is 0.102. The fourth-order valence-corrected chi connectivity index (χ4v) is 1.85. The monoisotopic (exact) mass is 267 g/mol. The number of hydrogen-bond acceptors (Lipinski definition) is 3. The van der Waals surface area contributed by atoms with Crippen LogP contribution < -0.4 is 5.32 Å². The van der Waals surface area contributed by atoms with E-state index in [4.69, 9.17) is 0 Å². The van der Waals surface area contributed by atoms with Gasteiger partial charge in [0.25, 0.3) is 5.91 Å². The van der Waals surface area contributed by atoms with Crippen LogP contribution in [0.15, 0.2) is 54.9 Å². The topological polar surface area (TPSA) is 54.9 Å². The van der Waals surface area contributed by atoms with E-state index in [1.54, 1.807) is 42.7 Å². The van der Waals surface area contributed by atoms with Crippen molar-refractivity contribution in [3.63, 3.8) is 0 Å². The Hall–Kier alpha value is -2.82. The average molecular weight is 267 g/mol. The van der Waals surface area contributed by atoms with Gasteiger partial charge in [-0.1, -0.05) is 6.07 Å². The van der Waals surface area contributed by atoms with Gasteiger partial charge in [-0.15, -0.1) is 0 Å². The SMILES string of the molecule is O=C(Nc1ccncc1)c1ccc2ccc(F)cc2n1. The van der Waals surface area contributed by atoms with Crippen LogP contribution in [0.5, 0.6) is 0 Å². The van der Waals surface area contributed by atoms with Gasteiger partial charge in [0.05, 0.1) is 5.52 Å². The number of carbonyl (C=O) groups excluding carboxylic acids is 1. The number of carbonyl (C=O) groups is 1. The second-order valence-corrected chi connectivity index (χ2v) is 4.22. The zero-order chi connectivity index (χ0) is 13.9. The van der Waals surface area contributed by atoms with Crippen LogP contribution in [0.25, 0.3) is 10.9 Å². The molecule has 0 aliphatic heterocycles. The normalized spacial score (nSPS) is 10.4. The molecule has 98 valence electrons. The number of pyridine rings is 2. The first-order valence-corrected chi connectivity index (χ1v) is 6.00. The summed E-state index contributed by atoms with van der Waals surface area (Å²) in [6.07, 6.45) is 3.16. The van der Waals surface area contributed by atoms with E-state index in [2.05, 4.69) is 15.3 Å². The molecule has 2 aromatic heterocycles. The first kappa shape index (κ1) is 12.2. The largest absolute Gasteiger partial charge is 0.321 e. The summed E-state index contributed by atoms with van der Waals surface area (Å²) in [7, 11) is 0. The van der Waals surface area contributed by atoms with Crippen molar-refractivity contribution in [3.05, 3.63) is 66.4 Å². The molecule has 1 N–H and O–H groups in total. The Balaban J connectivity index is 1.91. The lowest BCUT2D eigenvalue weighted by Crippen LogP contribution is -2.13. The molecule has 20 heavy (non-hydrogen) atoms. The van der Waals surface area contributed by atoms with Crippen LogP contribution in [0.4, 0.5) is 10.1 Å². The molecular formula is C15H10FN3O. The Labute approximate surface area is 114 Å². The molecule has 4 nitrogen and oxygen atoms in total. The van der Waals surface area contributed by atoms with Gasteiger partial charge in [0.2, 0.25) is 0 Å². The van der Waals surface area contributed by atoms with Crippen LogP contribution in [0.3, 0.4) is 0 Å². The van der Waals surface area contributed by atoms with E-state index in [1.165, 1.54) is 12.1 Å². The third kappa shape index (κ3) is 2.47.